The first-order valence-electron chi connectivity index (χ1n) is 6.28. The Bertz CT molecular complexity index is 432. The van der Waals surface area contributed by atoms with Crippen LogP contribution in [0.5, 0.6) is 0 Å². The van der Waals surface area contributed by atoms with Crippen molar-refractivity contribution in [1.82, 2.24) is 0 Å². The Morgan fingerprint density at radius 1 is 1.12 bits per heavy atom. The van der Waals surface area contributed by atoms with Crippen LogP contribution in [0.3, 0.4) is 0 Å². The summed E-state index contributed by atoms with van der Waals surface area (Å²) >= 11 is 0. The normalized spacial score (nSPS) is 20.6. The van der Waals surface area contributed by atoms with Crippen molar-refractivity contribution in [2.45, 2.75) is 44.9 Å². The van der Waals surface area contributed by atoms with Gasteiger partial charge in [-0.15, -0.1) is 0 Å². The lowest BCUT2D eigenvalue weighted by molar-refractivity contribution is -0.115. The first kappa shape index (κ1) is 12.1. The Balaban J connectivity index is 2.19. The van der Waals surface area contributed by atoms with E-state index < -0.39 is 0 Å². The summed E-state index contributed by atoms with van der Waals surface area (Å²) in [5.41, 5.74) is 2.88. The first-order chi connectivity index (χ1) is 7.97. The Labute approximate surface area is 104 Å². The fourth-order valence-electron chi connectivity index (χ4n) is 2.21. The molecule has 1 aromatic rings. The van der Waals surface area contributed by atoms with Crippen molar-refractivity contribution in [2.24, 2.45) is 0 Å². The summed E-state index contributed by atoms with van der Waals surface area (Å²) in [4.78, 5) is 11.1. The number of carbonyl (C=O) groups excluding carboxylic acids is 1. The van der Waals surface area contributed by atoms with Gasteiger partial charge in [-0.1, -0.05) is 51.1 Å². The van der Waals surface area contributed by atoms with Gasteiger partial charge >= 0.3 is 0 Å². The molecule has 0 saturated carbocycles. The highest BCUT2D eigenvalue weighted by Crippen LogP contribution is 2.29. The molecule has 90 valence electrons. The van der Waals surface area contributed by atoms with E-state index in [1.165, 1.54) is 11.1 Å². The second kappa shape index (κ2) is 4.48. The second-order valence-corrected chi connectivity index (χ2v) is 5.84. The molecule has 2 rings (SSSR count). The van der Waals surface area contributed by atoms with Crippen molar-refractivity contribution >= 4 is 5.78 Å². The zero-order valence-electron chi connectivity index (χ0n) is 10.9. The Kier molecular flexibility index (Phi) is 3.19. The lowest BCUT2D eigenvalue weighted by Gasteiger charge is -2.21. The molecule has 0 unspecified atom stereocenters. The molecule has 0 fully saturated rings. The second-order valence-electron chi connectivity index (χ2n) is 5.84. The minimum absolute atomic E-state index is 0.205. The Morgan fingerprint density at radius 2 is 1.76 bits per heavy atom. The summed E-state index contributed by atoms with van der Waals surface area (Å²) < 4.78 is 0. The van der Waals surface area contributed by atoms with Crippen LogP contribution in [0.1, 0.15) is 50.7 Å². The maximum Gasteiger partial charge on any atom is 0.155 e. The van der Waals surface area contributed by atoms with Crippen LogP contribution in [0.25, 0.3) is 0 Å². The molecule has 1 aliphatic rings. The van der Waals surface area contributed by atoms with E-state index in [1.54, 1.807) is 6.08 Å². The lowest BCUT2D eigenvalue weighted by Crippen LogP contribution is -2.11. The number of rotatable bonds is 1. The van der Waals surface area contributed by atoms with E-state index in [9.17, 15) is 4.79 Å². The van der Waals surface area contributed by atoms with Gasteiger partial charge in [0, 0.05) is 12.3 Å². The third kappa shape index (κ3) is 2.85. The van der Waals surface area contributed by atoms with Crippen molar-refractivity contribution in [3.8, 4) is 0 Å². The van der Waals surface area contributed by atoms with Crippen LogP contribution in [0.2, 0.25) is 0 Å². The number of benzene rings is 1. The lowest BCUT2D eigenvalue weighted by atomic mass is 9.84. The highest BCUT2D eigenvalue weighted by atomic mass is 16.1. The SMILES string of the molecule is CC(C)(C)c1ccc([C@@H]2C=CC(=O)CC2)cc1. The van der Waals surface area contributed by atoms with E-state index in [2.05, 4.69) is 45.0 Å². The molecular formula is C16H20O. The molecule has 0 N–H and O–H groups in total. The molecule has 0 aromatic heterocycles. The number of hydrogen-bond acceptors (Lipinski definition) is 1. The number of allylic oxidation sites excluding steroid dienone is 2. The van der Waals surface area contributed by atoms with Crippen molar-refractivity contribution in [3.63, 3.8) is 0 Å². The molecule has 0 radical (unpaired) electrons. The van der Waals surface area contributed by atoms with Gasteiger partial charge in [-0.2, -0.15) is 0 Å². The number of carbonyl (C=O) groups is 1. The fourth-order valence-corrected chi connectivity index (χ4v) is 2.21. The largest absolute Gasteiger partial charge is 0.295 e. The molecule has 1 aromatic carbocycles. The zero-order valence-corrected chi connectivity index (χ0v) is 10.9. The third-order valence-corrected chi connectivity index (χ3v) is 3.42. The van der Waals surface area contributed by atoms with Crippen LogP contribution in [0.15, 0.2) is 36.4 Å². The molecule has 1 atom stereocenters. The summed E-state index contributed by atoms with van der Waals surface area (Å²) in [6.07, 6.45) is 5.40. The van der Waals surface area contributed by atoms with Gasteiger partial charge in [-0.3, -0.25) is 4.79 Å². The minimum atomic E-state index is 0.205. The summed E-state index contributed by atoms with van der Waals surface area (Å²) in [7, 11) is 0. The monoisotopic (exact) mass is 228 g/mol. The van der Waals surface area contributed by atoms with Gasteiger partial charge in [0.25, 0.3) is 0 Å². The minimum Gasteiger partial charge on any atom is -0.295 e. The Hall–Kier alpha value is -1.37. The van der Waals surface area contributed by atoms with Gasteiger partial charge in [0.1, 0.15) is 0 Å². The molecule has 0 heterocycles. The van der Waals surface area contributed by atoms with Gasteiger partial charge in [0.15, 0.2) is 5.78 Å². The topological polar surface area (TPSA) is 17.1 Å². The molecule has 1 aliphatic carbocycles. The van der Waals surface area contributed by atoms with Gasteiger partial charge in [-0.25, -0.2) is 0 Å². The molecule has 0 aliphatic heterocycles. The van der Waals surface area contributed by atoms with Gasteiger partial charge in [0.05, 0.1) is 0 Å². The van der Waals surface area contributed by atoms with Crippen LogP contribution in [0.4, 0.5) is 0 Å². The molecule has 1 nitrogen and oxygen atoms in total. The van der Waals surface area contributed by atoms with E-state index in [0.717, 1.165) is 6.42 Å². The van der Waals surface area contributed by atoms with Gasteiger partial charge in [0.2, 0.25) is 0 Å². The number of hydrogen-bond donors (Lipinski definition) is 0. The Morgan fingerprint density at radius 3 is 2.24 bits per heavy atom. The summed E-state index contributed by atoms with van der Waals surface area (Å²) in [5, 5.41) is 0. The zero-order chi connectivity index (χ0) is 12.5. The van der Waals surface area contributed by atoms with Crippen molar-refractivity contribution in [3.05, 3.63) is 47.5 Å². The van der Waals surface area contributed by atoms with Crippen LogP contribution in [-0.4, -0.2) is 5.78 Å². The van der Waals surface area contributed by atoms with Crippen LogP contribution >= 0.6 is 0 Å². The highest BCUT2D eigenvalue weighted by molar-refractivity contribution is 5.90. The van der Waals surface area contributed by atoms with Crippen LogP contribution < -0.4 is 0 Å². The summed E-state index contributed by atoms with van der Waals surface area (Å²) in [5.74, 6) is 0.675. The van der Waals surface area contributed by atoms with E-state index in [0.29, 0.717) is 12.3 Å². The van der Waals surface area contributed by atoms with Crippen molar-refractivity contribution in [2.75, 3.05) is 0 Å². The molecule has 1 heteroatoms. The highest BCUT2D eigenvalue weighted by Gasteiger charge is 2.17. The predicted molar refractivity (Wildman–Crippen MR) is 71.3 cm³/mol. The smallest absolute Gasteiger partial charge is 0.155 e. The third-order valence-electron chi connectivity index (χ3n) is 3.42. The van der Waals surface area contributed by atoms with Crippen molar-refractivity contribution in [1.29, 1.82) is 0 Å². The number of ketones is 1. The quantitative estimate of drug-likeness (QED) is 0.710. The van der Waals surface area contributed by atoms with Crippen LogP contribution in [0, 0.1) is 0 Å². The molecule has 0 saturated heterocycles. The maximum atomic E-state index is 11.1. The molecule has 0 bridgehead atoms. The summed E-state index contributed by atoms with van der Waals surface area (Å²) in [6.45, 7) is 6.67. The van der Waals surface area contributed by atoms with E-state index >= 15 is 0 Å². The molecular weight excluding hydrogens is 208 g/mol. The average Bonchev–Trinajstić information content (AvgIpc) is 2.29. The fraction of sp³-hybridized carbons (Fsp3) is 0.438. The predicted octanol–water partition coefficient (Wildman–Crippen LogP) is 3.99. The standard InChI is InChI=1S/C16H20O/c1-16(2,3)14-8-4-12(5-9-14)13-6-10-15(17)11-7-13/h4-6,8-10,13H,7,11H2,1-3H3/t13-/m1/s1. The molecule has 0 spiro atoms. The van der Waals surface area contributed by atoms with Gasteiger partial charge in [-0.05, 0) is 29.0 Å². The summed E-state index contributed by atoms with van der Waals surface area (Å²) in [6, 6.07) is 8.82. The van der Waals surface area contributed by atoms with Crippen LogP contribution in [-0.2, 0) is 10.2 Å². The van der Waals surface area contributed by atoms with E-state index in [4.69, 9.17) is 0 Å². The van der Waals surface area contributed by atoms with Crippen molar-refractivity contribution < 1.29 is 4.79 Å². The van der Waals surface area contributed by atoms with E-state index in [1.807, 2.05) is 6.08 Å². The average molecular weight is 228 g/mol. The first-order valence-corrected chi connectivity index (χ1v) is 6.28. The molecule has 0 amide bonds. The maximum absolute atomic E-state index is 11.1. The van der Waals surface area contributed by atoms with Gasteiger partial charge < -0.3 is 0 Å². The van der Waals surface area contributed by atoms with E-state index in [-0.39, 0.29) is 11.2 Å². The molecule has 17 heavy (non-hydrogen) atoms.